The van der Waals surface area contributed by atoms with Gasteiger partial charge in [-0.3, -0.25) is 0 Å². The molecule has 1 aliphatic heterocycles. The van der Waals surface area contributed by atoms with Gasteiger partial charge in [-0.1, -0.05) is 42.8 Å². The van der Waals surface area contributed by atoms with Gasteiger partial charge in [-0.15, -0.1) is 12.4 Å². The fourth-order valence-corrected chi connectivity index (χ4v) is 4.75. The maximum absolute atomic E-state index is 13.4. The van der Waals surface area contributed by atoms with Gasteiger partial charge in [-0.05, 0) is 55.0 Å². The van der Waals surface area contributed by atoms with Crippen LogP contribution in [0.5, 0.6) is 0 Å². The zero-order chi connectivity index (χ0) is 20.9. The lowest BCUT2D eigenvalue weighted by Gasteiger charge is -2.34. The Hall–Kier alpha value is -2.54. The van der Waals surface area contributed by atoms with Crippen molar-refractivity contribution in [1.29, 1.82) is 0 Å². The van der Waals surface area contributed by atoms with Crippen molar-refractivity contribution in [2.24, 2.45) is 11.1 Å². The summed E-state index contributed by atoms with van der Waals surface area (Å²) in [4.78, 5) is 13.8. The molecule has 1 unspecified atom stereocenters. The molecule has 3 aromatic rings. The number of nitrogens with one attached hydrogen (secondary N) is 1. The predicted molar refractivity (Wildman–Crippen MR) is 116 cm³/mol. The van der Waals surface area contributed by atoms with Crippen LogP contribution in [-0.2, 0) is 11.0 Å². The minimum Gasteiger partial charge on any atom is -0.388 e. The molecule has 2 heterocycles. The third-order valence-corrected chi connectivity index (χ3v) is 6.49. The summed E-state index contributed by atoms with van der Waals surface area (Å²) >= 11 is 0. The van der Waals surface area contributed by atoms with Gasteiger partial charge < -0.3 is 9.82 Å². The molecular weight excluding hydrogens is 427 g/mol. The number of benzene rings is 2. The van der Waals surface area contributed by atoms with Gasteiger partial charge in [0.15, 0.2) is 5.82 Å². The Morgan fingerprint density at radius 3 is 2.55 bits per heavy atom. The minimum atomic E-state index is -4.41. The monoisotopic (exact) mass is 449 g/mol. The number of alkyl halides is 3. The van der Waals surface area contributed by atoms with Crippen LogP contribution in [0.15, 0.2) is 47.6 Å². The van der Waals surface area contributed by atoms with Crippen LogP contribution >= 0.6 is 12.4 Å². The van der Waals surface area contributed by atoms with Gasteiger partial charge in [0.25, 0.3) is 0 Å². The number of hydrogen-bond acceptors (Lipinski definition) is 3. The molecule has 1 aliphatic carbocycles. The van der Waals surface area contributed by atoms with Gasteiger partial charge in [0, 0.05) is 5.92 Å². The van der Waals surface area contributed by atoms with Crippen LogP contribution in [0.2, 0.25) is 0 Å². The van der Waals surface area contributed by atoms with Gasteiger partial charge in [-0.25, -0.2) is 4.98 Å². The molecule has 31 heavy (non-hydrogen) atoms. The molecule has 0 saturated heterocycles. The number of H-pyrrole nitrogens is 1. The Kier molecular flexibility index (Phi) is 5.50. The molecule has 1 N–H and O–H groups in total. The molecule has 0 amide bonds. The van der Waals surface area contributed by atoms with E-state index in [1.54, 1.807) is 24.3 Å². The minimum absolute atomic E-state index is 0. The molecule has 1 atom stereocenters. The fourth-order valence-electron chi connectivity index (χ4n) is 4.75. The van der Waals surface area contributed by atoms with E-state index < -0.39 is 11.7 Å². The molecule has 2 aliphatic rings. The van der Waals surface area contributed by atoms with Crippen LogP contribution in [0.25, 0.3) is 22.2 Å². The summed E-state index contributed by atoms with van der Waals surface area (Å²) in [6.45, 7) is 2.12. The molecule has 1 spiro atoms. The van der Waals surface area contributed by atoms with E-state index in [4.69, 9.17) is 4.84 Å². The number of oxime groups is 1. The summed E-state index contributed by atoms with van der Waals surface area (Å²) in [5.41, 5.74) is 1.88. The lowest BCUT2D eigenvalue weighted by molar-refractivity contribution is -0.137. The molecule has 0 radical (unpaired) electrons. The molecule has 4 nitrogen and oxygen atoms in total. The Bertz CT molecular complexity index is 1130. The SMILES string of the molecule is CC1C(c2nc3cc(-c4ccccc4C(F)(F)F)ccc3[nH]2)=NOC12CCCCC2.Cl. The Morgan fingerprint density at radius 1 is 1.06 bits per heavy atom. The number of aromatic nitrogens is 2. The van der Waals surface area contributed by atoms with Crippen LogP contribution in [0.1, 0.15) is 50.4 Å². The van der Waals surface area contributed by atoms with E-state index in [9.17, 15) is 13.2 Å². The molecule has 1 aromatic heterocycles. The molecule has 5 rings (SSSR count). The van der Waals surface area contributed by atoms with Gasteiger partial charge >= 0.3 is 6.18 Å². The summed E-state index contributed by atoms with van der Waals surface area (Å²) in [5.74, 6) is 0.741. The summed E-state index contributed by atoms with van der Waals surface area (Å²) in [6.07, 6.45) is 1.05. The molecule has 1 saturated carbocycles. The van der Waals surface area contributed by atoms with Gasteiger partial charge in [0.1, 0.15) is 11.3 Å². The van der Waals surface area contributed by atoms with E-state index in [1.807, 2.05) is 0 Å². The van der Waals surface area contributed by atoms with Crippen LogP contribution < -0.4 is 0 Å². The second kappa shape index (κ2) is 7.86. The summed E-state index contributed by atoms with van der Waals surface area (Å²) in [6, 6.07) is 10.8. The molecular formula is C23H23ClF3N3O. The topological polar surface area (TPSA) is 50.3 Å². The Morgan fingerprint density at radius 2 is 1.81 bits per heavy atom. The third-order valence-electron chi connectivity index (χ3n) is 6.49. The van der Waals surface area contributed by atoms with Crippen LogP contribution in [-0.4, -0.2) is 21.3 Å². The zero-order valence-corrected chi connectivity index (χ0v) is 17.8. The van der Waals surface area contributed by atoms with E-state index >= 15 is 0 Å². The molecule has 0 bridgehead atoms. The van der Waals surface area contributed by atoms with Gasteiger partial charge in [0.2, 0.25) is 0 Å². The number of hydrogen-bond donors (Lipinski definition) is 1. The van der Waals surface area contributed by atoms with Crippen LogP contribution in [0.3, 0.4) is 0 Å². The van der Waals surface area contributed by atoms with E-state index in [2.05, 4.69) is 22.0 Å². The molecule has 1 fully saturated rings. The average Bonchev–Trinajstić information content (AvgIpc) is 3.29. The normalized spacial score (nSPS) is 20.4. The average molecular weight is 450 g/mol. The highest BCUT2D eigenvalue weighted by atomic mass is 35.5. The third kappa shape index (κ3) is 3.69. The second-order valence-corrected chi connectivity index (χ2v) is 8.28. The van der Waals surface area contributed by atoms with Crippen molar-refractivity contribution in [2.75, 3.05) is 0 Å². The highest BCUT2D eigenvalue weighted by molar-refractivity contribution is 6.02. The lowest BCUT2D eigenvalue weighted by Crippen LogP contribution is -2.39. The smallest absolute Gasteiger partial charge is 0.388 e. The highest BCUT2D eigenvalue weighted by Crippen LogP contribution is 2.43. The van der Waals surface area contributed by atoms with E-state index in [1.165, 1.54) is 18.6 Å². The number of imidazole rings is 1. The Balaban J connectivity index is 0.00000231. The Labute approximate surface area is 184 Å². The number of fused-ring (bicyclic) bond motifs is 1. The second-order valence-electron chi connectivity index (χ2n) is 8.28. The number of aromatic amines is 1. The first-order valence-electron chi connectivity index (χ1n) is 10.3. The van der Waals surface area contributed by atoms with Crippen molar-refractivity contribution < 1.29 is 18.0 Å². The largest absolute Gasteiger partial charge is 0.417 e. The van der Waals surface area contributed by atoms with E-state index in [0.717, 1.165) is 43.0 Å². The van der Waals surface area contributed by atoms with Crippen molar-refractivity contribution in [3.63, 3.8) is 0 Å². The van der Waals surface area contributed by atoms with Crippen LogP contribution in [0, 0.1) is 5.92 Å². The quantitative estimate of drug-likeness (QED) is 0.470. The highest BCUT2D eigenvalue weighted by Gasteiger charge is 2.47. The standard InChI is InChI=1S/C23H22F3N3O.ClH/c1-14-20(29-30-22(14)11-5-2-6-12-22)21-27-18-10-9-15(13-19(18)28-21)16-7-3-4-8-17(16)23(24,25)26;/h3-4,7-10,13-14H,2,5-6,11-12H2,1H3,(H,27,28);1H. The number of nitrogens with zero attached hydrogens (tertiary/aromatic N) is 2. The first-order valence-corrected chi connectivity index (χ1v) is 10.3. The maximum atomic E-state index is 13.4. The molecule has 8 heteroatoms. The van der Waals surface area contributed by atoms with E-state index in [-0.39, 0.29) is 29.5 Å². The van der Waals surface area contributed by atoms with Crippen LogP contribution in [0.4, 0.5) is 13.2 Å². The first-order chi connectivity index (χ1) is 14.4. The zero-order valence-electron chi connectivity index (χ0n) is 17.0. The molecule has 2 aromatic carbocycles. The predicted octanol–water partition coefficient (Wildman–Crippen LogP) is 6.74. The number of rotatable bonds is 2. The van der Waals surface area contributed by atoms with Crippen molar-refractivity contribution >= 4 is 29.2 Å². The summed E-state index contributed by atoms with van der Waals surface area (Å²) in [7, 11) is 0. The number of halogens is 4. The van der Waals surface area contributed by atoms with Crippen molar-refractivity contribution in [2.45, 2.75) is 50.8 Å². The van der Waals surface area contributed by atoms with Gasteiger partial charge in [-0.2, -0.15) is 13.2 Å². The fraction of sp³-hybridized carbons (Fsp3) is 0.391. The van der Waals surface area contributed by atoms with Crippen molar-refractivity contribution in [3.05, 3.63) is 53.9 Å². The lowest BCUT2D eigenvalue weighted by atomic mass is 9.75. The van der Waals surface area contributed by atoms with Gasteiger partial charge in [0.05, 0.1) is 16.6 Å². The maximum Gasteiger partial charge on any atom is 0.417 e. The first kappa shape index (κ1) is 21.7. The van der Waals surface area contributed by atoms with E-state index in [0.29, 0.717) is 16.9 Å². The summed E-state index contributed by atoms with van der Waals surface area (Å²) < 4.78 is 40.3. The van der Waals surface area contributed by atoms with Crippen molar-refractivity contribution in [1.82, 2.24) is 9.97 Å². The molecule has 164 valence electrons. The summed E-state index contributed by atoms with van der Waals surface area (Å²) in [5, 5.41) is 4.36. The van der Waals surface area contributed by atoms with Crippen molar-refractivity contribution in [3.8, 4) is 11.1 Å².